The van der Waals surface area contributed by atoms with Crippen LogP contribution in [0.3, 0.4) is 0 Å². The van der Waals surface area contributed by atoms with Gasteiger partial charge >= 0.3 is 0 Å². The Labute approximate surface area is 188 Å². The van der Waals surface area contributed by atoms with E-state index in [0.717, 1.165) is 27.6 Å². The lowest BCUT2D eigenvalue weighted by Gasteiger charge is -2.20. The topological polar surface area (TPSA) is 66.5 Å². The normalized spacial score (nSPS) is 11.3. The van der Waals surface area contributed by atoms with Crippen LogP contribution < -0.4 is 9.62 Å². The molecule has 4 rings (SSSR count). The molecular formula is C26H24N2O3S. The molecule has 5 nitrogen and oxygen atoms in total. The lowest BCUT2D eigenvalue weighted by Crippen LogP contribution is -2.26. The highest BCUT2D eigenvalue weighted by molar-refractivity contribution is 7.92. The van der Waals surface area contributed by atoms with Crippen LogP contribution in [0.1, 0.15) is 11.1 Å². The Morgan fingerprint density at radius 1 is 0.844 bits per heavy atom. The second-order valence-corrected chi connectivity index (χ2v) is 9.67. The SMILES string of the molecule is Cc1ccc(S(=O)(=O)N(C)c2ccc(CC(=O)Nc3cccc4ccccc34)cc2)cc1. The molecule has 0 saturated heterocycles. The molecule has 0 aliphatic rings. The number of nitrogens with one attached hydrogen (secondary N) is 1. The number of amides is 1. The number of anilines is 2. The first-order valence-electron chi connectivity index (χ1n) is 10.3. The Kier molecular flexibility index (Phi) is 5.97. The summed E-state index contributed by atoms with van der Waals surface area (Å²) in [5.74, 6) is -0.130. The maximum Gasteiger partial charge on any atom is 0.264 e. The quantitative estimate of drug-likeness (QED) is 0.447. The van der Waals surface area contributed by atoms with Crippen LogP contribution in [0.2, 0.25) is 0 Å². The van der Waals surface area contributed by atoms with Gasteiger partial charge in [0.2, 0.25) is 5.91 Å². The smallest absolute Gasteiger partial charge is 0.264 e. The number of nitrogens with zero attached hydrogens (tertiary/aromatic N) is 1. The Morgan fingerprint density at radius 2 is 1.50 bits per heavy atom. The maximum atomic E-state index is 12.9. The molecule has 162 valence electrons. The molecule has 4 aromatic rings. The van der Waals surface area contributed by atoms with Crippen LogP contribution in [0.25, 0.3) is 10.8 Å². The molecular weight excluding hydrogens is 420 g/mol. The zero-order valence-electron chi connectivity index (χ0n) is 17.9. The highest BCUT2D eigenvalue weighted by Gasteiger charge is 2.21. The van der Waals surface area contributed by atoms with Gasteiger partial charge in [0.1, 0.15) is 0 Å². The first-order valence-corrected chi connectivity index (χ1v) is 11.7. The molecule has 0 atom stereocenters. The van der Waals surface area contributed by atoms with Gasteiger partial charge in [-0.1, -0.05) is 66.2 Å². The predicted octanol–water partition coefficient (Wildman–Crippen LogP) is 5.15. The van der Waals surface area contributed by atoms with E-state index in [1.807, 2.05) is 49.4 Å². The van der Waals surface area contributed by atoms with E-state index in [9.17, 15) is 13.2 Å². The van der Waals surface area contributed by atoms with Crippen molar-refractivity contribution in [2.24, 2.45) is 0 Å². The van der Waals surface area contributed by atoms with Gasteiger partial charge in [0.05, 0.1) is 17.0 Å². The molecule has 0 saturated carbocycles. The number of aryl methyl sites for hydroxylation is 1. The van der Waals surface area contributed by atoms with Gasteiger partial charge < -0.3 is 5.32 Å². The van der Waals surface area contributed by atoms with E-state index in [2.05, 4.69) is 5.32 Å². The Balaban J connectivity index is 1.46. The molecule has 6 heteroatoms. The zero-order valence-corrected chi connectivity index (χ0v) is 18.8. The van der Waals surface area contributed by atoms with E-state index in [1.165, 1.54) is 11.4 Å². The van der Waals surface area contributed by atoms with Gasteiger partial charge in [-0.2, -0.15) is 0 Å². The van der Waals surface area contributed by atoms with E-state index in [-0.39, 0.29) is 17.2 Å². The van der Waals surface area contributed by atoms with Gasteiger partial charge in [-0.3, -0.25) is 9.10 Å². The van der Waals surface area contributed by atoms with E-state index in [4.69, 9.17) is 0 Å². The summed E-state index contributed by atoms with van der Waals surface area (Å²) in [6.45, 7) is 1.91. The fraction of sp³-hybridized carbons (Fsp3) is 0.115. The predicted molar refractivity (Wildman–Crippen MR) is 129 cm³/mol. The summed E-state index contributed by atoms with van der Waals surface area (Å²) in [6, 6.07) is 27.4. The van der Waals surface area contributed by atoms with Crippen molar-refractivity contribution >= 4 is 38.1 Å². The van der Waals surface area contributed by atoms with Gasteiger partial charge in [-0.25, -0.2) is 8.42 Å². The molecule has 0 fully saturated rings. The molecule has 0 heterocycles. The molecule has 0 aliphatic carbocycles. The molecule has 0 aromatic heterocycles. The first kappa shape index (κ1) is 21.6. The van der Waals surface area contributed by atoms with E-state index in [0.29, 0.717) is 5.69 Å². The maximum absolute atomic E-state index is 12.9. The second-order valence-electron chi connectivity index (χ2n) is 7.70. The molecule has 1 amide bonds. The van der Waals surface area contributed by atoms with E-state index < -0.39 is 10.0 Å². The van der Waals surface area contributed by atoms with E-state index in [1.54, 1.807) is 48.5 Å². The minimum atomic E-state index is -3.65. The number of carbonyl (C=O) groups excluding carboxylic acids is 1. The molecule has 0 aliphatic heterocycles. The van der Waals surface area contributed by atoms with Gasteiger partial charge in [0.25, 0.3) is 10.0 Å². The number of sulfonamides is 1. The van der Waals surface area contributed by atoms with Gasteiger partial charge in [-0.15, -0.1) is 0 Å². The molecule has 32 heavy (non-hydrogen) atoms. The molecule has 0 bridgehead atoms. The standard InChI is InChI=1S/C26H24N2O3S/c1-19-10-16-23(17-11-19)32(30,31)28(2)22-14-12-20(13-15-22)18-26(29)27-25-9-5-7-21-6-3-4-8-24(21)25/h3-17H,18H2,1-2H3,(H,27,29). The number of rotatable bonds is 6. The third kappa shape index (κ3) is 4.50. The van der Waals surface area contributed by atoms with Crippen molar-refractivity contribution < 1.29 is 13.2 Å². The van der Waals surface area contributed by atoms with Crippen molar-refractivity contribution in [1.29, 1.82) is 0 Å². The van der Waals surface area contributed by atoms with Gasteiger partial charge in [-0.05, 0) is 48.2 Å². The van der Waals surface area contributed by atoms with Gasteiger partial charge in [0, 0.05) is 18.1 Å². The third-order valence-corrected chi connectivity index (χ3v) is 7.21. The minimum Gasteiger partial charge on any atom is -0.325 e. The number of benzene rings is 4. The first-order chi connectivity index (χ1) is 15.3. The van der Waals surface area contributed by atoms with Crippen LogP contribution in [-0.2, 0) is 21.2 Å². The Hall–Kier alpha value is -3.64. The van der Waals surface area contributed by atoms with Crippen molar-refractivity contribution in [2.75, 3.05) is 16.7 Å². The van der Waals surface area contributed by atoms with Crippen LogP contribution in [0.15, 0.2) is 95.9 Å². The zero-order chi connectivity index (χ0) is 22.7. The summed E-state index contributed by atoms with van der Waals surface area (Å²) in [7, 11) is -2.13. The summed E-state index contributed by atoms with van der Waals surface area (Å²) in [5.41, 5.74) is 3.10. The summed E-state index contributed by atoms with van der Waals surface area (Å²) in [6.07, 6.45) is 0.192. The van der Waals surface area contributed by atoms with Crippen LogP contribution in [-0.4, -0.2) is 21.4 Å². The average Bonchev–Trinajstić information content (AvgIpc) is 2.79. The summed E-state index contributed by atoms with van der Waals surface area (Å²) in [4.78, 5) is 12.8. The van der Waals surface area contributed by atoms with Crippen LogP contribution in [0.4, 0.5) is 11.4 Å². The van der Waals surface area contributed by atoms with Crippen LogP contribution in [0.5, 0.6) is 0 Å². The van der Waals surface area contributed by atoms with Crippen molar-refractivity contribution in [2.45, 2.75) is 18.2 Å². The molecule has 0 unspecified atom stereocenters. The summed E-state index contributed by atoms with van der Waals surface area (Å²) in [5, 5.41) is 5.03. The van der Waals surface area contributed by atoms with Crippen molar-refractivity contribution in [3.05, 3.63) is 102 Å². The lowest BCUT2D eigenvalue weighted by atomic mass is 10.1. The molecule has 0 radical (unpaired) electrons. The van der Waals surface area contributed by atoms with Crippen molar-refractivity contribution in [3.63, 3.8) is 0 Å². The molecule has 4 aromatic carbocycles. The number of fused-ring (bicyclic) bond motifs is 1. The van der Waals surface area contributed by atoms with Gasteiger partial charge in [0.15, 0.2) is 0 Å². The van der Waals surface area contributed by atoms with Crippen molar-refractivity contribution in [1.82, 2.24) is 0 Å². The highest BCUT2D eigenvalue weighted by Crippen LogP contribution is 2.25. The number of carbonyl (C=O) groups is 1. The lowest BCUT2D eigenvalue weighted by molar-refractivity contribution is -0.115. The van der Waals surface area contributed by atoms with Crippen molar-refractivity contribution in [3.8, 4) is 0 Å². The summed E-state index contributed by atoms with van der Waals surface area (Å²) < 4.78 is 27.0. The van der Waals surface area contributed by atoms with Crippen LogP contribution >= 0.6 is 0 Å². The largest absolute Gasteiger partial charge is 0.325 e. The molecule has 1 N–H and O–H groups in total. The summed E-state index contributed by atoms with van der Waals surface area (Å²) >= 11 is 0. The fourth-order valence-electron chi connectivity index (χ4n) is 3.55. The Morgan fingerprint density at radius 3 is 2.22 bits per heavy atom. The average molecular weight is 445 g/mol. The number of hydrogen-bond donors (Lipinski definition) is 1. The van der Waals surface area contributed by atoms with Crippen LogP contribution in [0, 0.1) is 6.92 Å². The Bertz CT molecular complexity index is 1360. The molecule has 0 spiro atoms. The third-order valence-electron chi connectivity index (χ3n) is 5.41. The minimum absolute atomic E-state index is 0.130. The fourth-order valence-corrected chi connectivity index (χ4v) is 4.74. The second kappa shape index (κ2) is 8.85. The highest BCUT2D eigenvalue weighted by atomic mass is 32.2. The van der Waals surface area contributed by atoms with E-state index >= 15 is 0 Å². The monoisotopic (exact) mass is 444 g/mol. The number of hydrogen-bond acceptors (Lipinski definition) is 3.